The minimum atomic E-state index is -1.41. The van der Waals surface area contributed by atoms with E-state index < -0.39 is 23.3 Å². The maximum Gasteiger partial charge on any atom is 0.333 e. The van der Waals surface area contributed by atoms with E-state index in [9.17, 15) is 14.4 Å². The summed E-state index contributed by atoms with van der Waals surface area (Å²) in [5.74, 6) is -0.829. The number of amides is 4. The van der Waals surface area contributed by atoms with Crippen LogP contribution in [0.25, 0.3) is 0 Å². The van der Waals surface area contributed by atoms with Crippen molar-refractivity contribution in [2.75, 3.05) is 24.8 Å². The summed E-state index contributed by atoms with van der Waals surface area (Å²) in [6.07, 6.45) is 0.250. The van der Waals surface area contributed by atoms with E-state index in [1.165, 1.54) is 0 Å². The summed E-state index contributed by atoms with van der Waals surface area (Å²) in [5.41, 5.74) is -0.836. The zero-order valence-electron chi connectivity index (χ0n) is 12.8. The quantitative estimate of drug-likeness (QED) is 0.581. The van der Waals surface area contributed by atoms with Crippen LogP contribution in [0, 0.1) is 0 Å². The summed E-state index contributed by atoms with van der Waals surface area (Å²) < 4.78 is 0. The molecule has 1 aliphatic heterocycles. The molecule has 1 aliphatic rings. The van der Waals surface area contributed by atoms with Crippen molar-refractivity contribution in [2.45, 2.75) is 18.8 Å². The number of nitrogens with zero attached hydrogens (tertiary/aromatic N) is 2. The Morgan fingerprint density at radius 3 is 1.78 bits per heavy atom. The maximum absolute atomic E-state index is 13.0. The fourth-order valence-corrected chi connectivity index (χ4v) is 3.25. The van der Waals surface area contributed by atoms with Gasteiger partial charge < -0.3 is 0 Å². The normalized spacial score (nSPS) is 17.8. The molecular weight excluding hydrogens is 339 g/mol. The van der Waals surface area contributed by atoms with Crippen LogP contribution >= 0.6 is 23.2 Å². The molecule has 0 spiro atoms. The van der Waals surface area contributed by atoms with Crippen molar-refractivity contribution in [2.24, 2.45) is 0 Å². The first-order chi connectivity index (χ1) is 11.0. The van der Waals surface area contributed by atoms with Crippen molar-refractivity contribution in [3.05, 3.63) is 35.9 Å². The SMILES string of the molecule is CCC1(c2ccccc2)C(=O)N(CCCl)C(=O)N(CCCl)C1=O. The molecule has 1 aromatic rings. The number of carbonyl (C=O) groups is 3. The van der Waals surface area contributed by atoms with Crippen LogP contribution in [0.15, 0.2) is 30.3 Å². The standard InChI is InChI=1S/C16H18Cl2N2O3/c1-2-16(12-6-4-3-5-7-12)13(21)19(10-8-17)15(23)20(11-9-18)14(16)22/h3-7H,2,8-11H2,1H3. The van der Waals surface area contributed by atoms with Crippen LogP contribution in [0.1, 0.15) is 18.9 Å². The molecule has 1 heterocycles. The average Bonchev–Trinajstić information content (AvgIpc) is 2.57. The van der Waals surface area contributed by atoms with Crippen molar-refractivity contribution >= 4 is 41.0 Å². The van der Waals surface area contributed by atoms with Gasteiger partial charge in [-0.3, -0.25) is 19.4 Å². The van der Waals surface area contributed by atoms with Gasteiger partial charge in [0.1, 0.15) is 0 Å². The number of imide groups is 2. The van der Waals surface area contributed by atoms with Crippen LogP contribution in [0.5, 0.6) is 0 Å². The summed E-state index contributed by atoms with van der Waals surface area (Å²) in [5, 5.41) is 0. The van der Waals surface area contributed by atoms with Crippen LogP contribution in [0.4, 0.5) is 4.79 Å². The molecule has 0 radical (unpaired) electrons. The van der Waals surface area contributed by atoms with Gasteiger partial charge >= 0.3 is 6.03 Å². The number of hydrogen-bond donors (Lipinski definition) is 0. The Balaban J connectivity index is 2.60. The van der Waals surface area contributed by atoms with Crippen molar-refractivity contribution in [3.63, 3.8) is 0 Å². The van der Waals surface area contributed by atoms with E-state index in [0.717, 1.165) is 9.80 Å². The molecule has 2 rings (SSSR count). The topological polar surface area (TPSA) is 57.7 Å². The molecule has 4 amide bonds. The highest BCUT2D eigenvalue weighted by Gasteiger charge is 2.56. The zero-order chi connectivity index (χ0) is 17.0. The van der Waals surface area contributed by atoms with E-state index in [2.05, 4.69) is 0 Å². The summed E-state index contributed by atoms with van der Waals surface area (Å²) in [6, 6.07) is 8.15. The van der Waals surface area contributed by atoms with Gasteiger partial charge in [0.2, 0.25) is 0 Å². The second-order valence-corrected chi connectivity index (χ2v) is 5.95. The summed E-state index contributed by atoms with van der Waals surface area (Å²) >= 11 is 11.5. The van der Waals surface area contributed by atoms with E-state index in [1.54, 1.807) is 31.2 Å². The van der Waals surface area contributed by atoms with E-state index in [-0.39, 0.29) is 31.3 Å². The lowest BCUT2D eigenvalue weighted by Gasteiger charge is -2.43. The van der Waals surface area contributed by atoms with Crippen LogP contribution in [-0.4, -0.2) is 52.5 Å². The molecule has 0 N–H and O–H groups in total. The number of barbiturate groups is 1. The lowest BCUT2D eigenvalue weighted by Crippen LogP contribution is -2.67. The molecule has 1 saturated heterocycles. The second kappa shape index (κ2) is 7.32. The number of carbonyl (C=O) groups excluding carboxylic acids is 3. The third-order valence-corrected chi connectivity index (χ3v) is 4.43. The molecule has 0 atom stereocenters. The molecule has 0 unspecified atom stereocenters. The lowest BCUT2D eigenvalue weighted by molar-refractivity contribution is -0.152. The predicted molar refractivity (Wildman–Crippen MR) is 88.7 cm³/mol. The molecule has 5 nitrogen and oxygen atoms in total. The smallest absolute Gasteiger partial charge is 0.273 e. The minimum Gasteiger partial charge on any atom is -0.273 e. The van der Waals surface area contributed by atoms with Gasteiger partial charge in [-0.25, -0.2) is 4.79 Å². The van der Waals surface area contributed by atoms with E-state index in [1.807, 2.05) is 6.07 Å². The van der Waals surface area contributed by atoms with Crippen molar-refractivity contribution in [3.8, 4) is 0 Å². The van der Waals surface area contributed by atoms with Gasteiger partial charge in [0.05, 0.1) is 0 Å². The van der Waals surface area contributed by atoms with Gasteiger partial charge in [0, 0.05) is 24.8 Å². The molecule has 23 heavy (non-hydrogen) atoms. The fourth-order valence-electron chi connectivity index (χ4n) is 2.91. The van der Waals surface area contributed by atoms with E-state index in [0.29, 0.717) is 5.56 Å². The molecule has 0 aromatic heterocycles. The Morgan fingerprint density at radius 2 is 1.39 bits per heavy atom. The van der Waals surface area contributed by atoms with Gasteiger partial charge in [0.15, 0.2) is 5.41 Å². The molecule has 0 bridgehead atoms. The molecular formula is C16H18Cl2N2O3. The van der Waals surface area contributed by atoms with Crippen LogP contribution in [-0.2, 0) is 15.0 Å². The fraction of sp³-hybridized carbons (Fsp3) is 0.438. The highest BCUT2D eigenvalue weighted by Crippen LogP contribution is 2.36. The first-order valence-corrected chi connectivity index (χ1v) is 8.46. The summed E-state index contributed by atoms with van der Waals surface area (Å²) in [4.78, 5) is 40.6. The first kappa shape index (κ1) is 17.8. The number of halogens is 2. The predicted octanol–water partition coefficient (Wildman–Crippen LogP) is 2.60. The Labute approximate surface area is 145 Å². The second-order valence-electron chi connectivity index (χ2n) is 5.20. The van der Waals surface area contributed by atoms with Crippen molar-refractivity contribution in [1.29, 1.82) is 0 Å². The Kier molecular flexibility index (Phi) is 5.65. The van der Waals surface area contributed by atoms with E-state index >= 15 is 0 Å². The minimum absolute atomic E-state index is 0.0554. The Morgan fingerprint density at radius 1 is 0.913 bits per heavy atom. The third-order valence-electron chi connectivity index (χ3n) is 4.10. The van der Waals surface area contributed by atoms with Gasteiger partial charge in [-0.1, -0.05) is 37.3 Å². The monoisotopic (exact) mass is 356 g/mol. The molecule has 1 fully saturated rings. The highest BCUT2D eigenvalue weighted by molar-refractivity contribution is 6.24. The number of urea groups is 1. The van der Waals surface area contributed by atoms with Crippen molar-refractivity contribution in [1.82, 2.24) is 9.80 Å². The maximum atomic E-state index is 13.0. The number of benzene rings is 1. The van der Waals surface area contributed by atoms with Crippen LogP contribution in [0.3, 0.4) is 0 Å². The average molecular weight is 357 g/mol. The van der Waals surface area contributed by atoms with Crippen LogP contribution in [0.2, 0.25) is 0 Å². The molecule has 124 valence electrons. The van der Waals surface area contributed by atoms with E-state index in [4.69, 9.17) is 23.2 Å². The van der Waals surface area contributed by atoms with Gasteiger partial charge in [-0.15, -0.1) is 23.2 Å². The first-order valence-electron chi connectivity index (χ1n) is 7.40. The highest BCUT2D eigenvalue weighted by atomic mass is 35.5. The van der Waals surface area contributed by atoms with Gasteiger partial charge in [0.25, 0.3) is 11.8 Å². The lowest BCUT2D eigenvalue weighted by atomic mass is 9.74. The molecule has 0 aliphatic carbocycles. The summed E-state index contributed by atoms with van der Waals surface area (Å²) in [7, 11) is 0. The van der Waals surface area contributed by atoms with Crippen molar-refractivity contribution < 1.29 is 14.4 Å². The molecule has 0 saturated carbocycles. The van der Waals surface area contributed by atoms with Crippen LogP contribution < -0.4 is 0 Å². The number of alkyl halides is 2. The molecule has 7 heteroatoms. The van der Waals surface area contributed by atoms with Gasteiger partial charge in [-0.2, -0.15) is 0 Å². The summed E-state index contributed by atoms with van der Waals surface area (Å²) in [6.45, 7) is 1.87. The number of rotatable bonds is 6. The zero-order valence-corrected chi connectivity index (χ0v) is 14.3. The Hall–Kier alpha value is -1.59. The molecule has 1 aromatic carbocycles. The Bertz CT molecular complexity index is 579. The largest absolute Gasteiger partial charge is 0.333 e. The third kappa shape index (κ3) is 2.83. The van der Waals surface area contributed by atoms with Gasteiger partial charge in [-0.05, 0) is 12.0 Å². The number of hydrogen-bond acceptors (Lipinski definition) is 3.